The second kappa shape index (κ2) is 23.8. The summed E-state index contributed by atoms with van der Waals surface area (Å²) in [5.41, 5.74) is 7.18. The molecule has 0 bridgehead atoms. The highest BCUT2D eigenvalue weighted by molar-refractivity contribution is 7.66. The van der Waals surface area contributed by atoms with E-state index in [1.54, 1.807) is 0 Å². The van der Waals surface area contributed by atoms with E-state index >= 15 is 0 Å². The van der Waals surface area contributed by atoms with Crippen LogP contribution >= 0.6 is 31.1 Å². The molecule has 0 aromatic carbocycles. The predicted octanol–water partition coefficient (Wildman–Crippen LogP) is -4.01. The van der Waals surface area contributed by atoms with Crippen molar-refractivity contribution in [3.63, 3.8) is 0 Å². The molecule has 5 aromatic heterocycles. The zero-order chi connectivity index (χ0) is 57.5. The van der Waals surface area contributed by atoms with Gasteiger partial charge in [0.15, 0.2) is 30.2 Å². The number of carbonyl (C=O) groups excluding carboxylic acids is 1. The van der Waals surface area contributed by atoms with Gasteiger partial charge in [-0.1, -0.05) is 4.98 Å². The van der Waals surface area contributed by atoms with Crippen molar-refractivity contribution < 1.29 is 108 Å². The van der Waals surface area contributed by atoms with Crippen LogP contribution in [0.25, 0.3) is 22.3 Å². The van der Waals surface area contributed by atoms with Crippen LogP contribution in [0.1, 0.15) is 31.5 Å². The highest BCUT2D eigenvalue weighted by atomic mass is 31.3. The van der Waals surface area contributed by atoms with Gasteiger partial charge in [0.05, 0.1) is 45.9 Å². The molecule has 5 unspecified atom stereocenters. The van der Waals surface area contributed by atoms with Gasteiger partial charge in [-0.3, -0.25) is 51.7 Å². The number of phosphoric acid groups is 3. The highest BCUT2D eigenvalue weighted by Crippen LogP contribution is 2.68. The molecule has 3 aliphatic heterocycles. The molecule has 3 fully saturated rings. The number of aromatic nitrogens is 10. The maximum Gasteiger partial charge on any atom is 0.490 e. The molecule has 42 heteroatoms. The molecule has 0 radical (unpaired) electrons. The number of nitrogens with one attached hydrogen (secondary N) is 3. The number of fused-ring (bicyclic) bond motifs is 2. The molecule has 38 nitrogen and oxygen atoms in total. The molecule has 8 rings (SSSR count). The monoisotopic (exact) mass is 1200 g/mol. The summed E-state index contributed by atoms with van der Waals surface area (Å²) in [6.07, 6.45) is -12.5. The number of ether oxygens (including phenoxy) is 5. The molecule has 0 saturated carbocycles. The molecule has 0 aliphatic carbocycles. The number of phosphoric ester groups is 2. The Balaban J connectivity index is 0.963. The van der Waals surface area contributed by atoms with Crippen LogP contribution in [0.15, 0.2) is 45.6 Å². The van der Waals surface area contributed by atoms with Gasteiger partial charge in [-0.2, -0.15) is 8.62 Å². The number of aliphatic hydroxyl groups is 3. The minimum Gasteiger partial charge on any atom is -0.387 e. The third kappa shape index (κ3) is 13.2. The number of hydrogen-bond acceptors (Lipinski definition) is 27. The van der Waals surface area contributed by atoms with Crippen molar-refractivity contribution in [2.75, 3.05) is 58.7 Å². The first-order valence-corrected chi connectivity index (χ1v) is 29.2. The Morgan fingerprint density at radius 1 is 0.835 bits per heavy atom. The van der Waals surface area contributed by atoms with E-state index in [2.05, 4.69) is 38.9 Å². The fourth-order valence-corrected chi connectivity index (χ4v) is 14.4. The lowest BCUT2D eigenvalue weighted by Gasteiger charge is -2.28. The van der Waals surface area contributed by atoms with Crippen LogP contribution in [0, 0.1) is 5.92 Å². The van der Waals surface area contributed by atoms with Crippen molar-refractivity contribution >= 4 is 71.1 Å². The van der Waals surface area contributed by atoms with E-state index < -0.39 is 147 Å². The van der Waals surface area contributed by atoms with E-state index in [1.165, 1.54) is 34.2 Å². The standard InChI is InChI=1S/C37H53N13O25P4/c1-47-15-50(31-23(47)32(56)46-36(39)45-31)33-24(53)16(4-5-20(51)40-7-9-66-2)17(71-33)10-69-77(60,61)74-79(64,65)75-78(62,63)70-12-19-28(27(67-3)35(73-19)49-14-43-22-29(38)41-13-42-30(22)49)76(58,59)68-11-18-25(54)26(55)34(72-18)48-8-6-21(52)44-37(48)57/h6,8,13-19,24-28,33-35,53-55H,4-5,7,9-12H2,1-3H3,(H10-,38,39,40,41,42,44,45,46,51,52,56,57,58,59,60,61,62,63,64,65)/p+1/t16-,17-,18-,19-,24-,25-,26-,27-,28-,33?,34-,35-/m1/s1. The van der Waals surface area contributed by atoms with E-state index in [0.717, 1.165) is 36.6 Å². The lowest BCUT2D eigenvalue weighted by atomic mass is 9.93. The van der Waals surface area contributed by atoms with Crippen molar-refractivity contribution in [1.29, 1.82) is 0 Å². The van der Waals surface area contributed by atoms with Crippen LogP contribution < -0.4 is 38.2 Å². The van der Waals surface area contributed by atoms with Crippen LogP contribution in [-0.2, 0) is 76.0 Å². The average Bonchev–Trinajstić information content (AvgIpc) is 4.33. The van der Waals surface area contributed by atoms with E-state index in [0.29, 0.717) is 0 Å². The van der Waals surface area contributed by atoms with E-state index in [9.17, 15) is 72.3 Å². The summed E-state index contributed by atoms with van der Waals surface area (Å²) >= 11 is 0. The topological polar surface area (TPSA) is 536 Å². The molecule has 436 valence electrons. The lowest BCUT2D eigenvalue weighted by Crippen LogP contribution is -2.45. The molecule has 8 heterocycles. The number of hydrogen-bond donors (Lipinski definition) is 12. The SMILES string of the molecule is COCCNC(=O)CC[C@@H]1[C@@H](COP(=O)(O)OP(=O)(O)OP(=O)(O)OC[C@H]2O[C@@H](n3cnc4c(N)ncnc43)[C@H](OC)[C@@H]2P(=O)(O)OC[C@H]2O[C@@H](n3ccc(=O)[nH]c3=O)[C@H](O)[C@@H]2O)OC([n+]2cn(C)c3c(=O)[nH]c(N)nc32)[C@@H]1O. The summed E-state index contributed by atoms with van der Waals surface area (Å²) in [5.74, 6) is -2.02. The smallest absolute Gasteiger partial charge is 0.387 e. The molecule has 1 amide bonds. The van der Waals surface area contributed by atoms with Crippen LogP contribution in [0.4, 0.5) is 11.8 Å². The quantitative estimate of drug-likeness (QED) is 0.0159. The van der Waals surface area contributed by atoms with Crippen molar-refractivity contribution in [3.05, 3.63) is 62.4 Å². The number of amides is 1. The van der Waals surface area contributed by atoms with Crippen LogP contribution in [0.2, 0.25) is 0 Å². The van der Waals surface area contributed by atoms with Crippen LogP contribution in [0.5, 0.6) is 0 Å². The first-order chi connectivity index (χ1) is 37.1. The Kier molecular flexibility index (Phi) is 18.1. The van der Waals surface area contributed by atoms with Gasteiger partial charge in [0, 0.05) is 45.4 Å². The number of rotatable bonds is 24. The zero-order valence-electron chi connectivity index (χ0n) is 41.3. The summed E-state index contributed by atoms with van der Waals surface area (Å²) < 4.78 is 111. The van der Waals surface area contributed by atoms with Gasteiger partial charge in [-0.25, -0.2) is 38.0 Å². The van der Waals surface area contributed by atoms with Gasteiger partial charge < -0.3 is 79.9 Å². The zero-order valence-corrected chi connectivity index (χ0v) is 44.8. The van der Waals surface area contributed by atoms with Gasteiger partial charge in [0.1, 0.15) is 54.1 Å². The normalized spacial score (nSPS) is 29.3. The number of nitrogen functional groups attached to an aromatic ring is 2. The molecule has 16 atom stereocenters. The average molecular weight is 1200 g/mol. The fraction of sp³-hybridized carbons (Fsp3) is 0.595. The first kappa shape index (κ1) is 60.0. The maximum absolute atomic E-state index is 14.4. The van der Waals surface area contributed by atoms with Gasteiger partial charge in [-0.15, -0.1) is 0 Å². The number of aryl methyl sites for hydroxylation is 1. The summed E-state index contributed by atoms with van der Waals surface area (Å²) in [7, 11) is -19.5. The molecule has 0 spiro atoms. The Labute approximate surface area is 441 Å². The Morgan fingerprint density at radius 2 is 1.51 bits per heavy atom. The minimum atomic E-state index is -6.25. The van der Waals surface area contributed by atoms with Crippen molar-refractivity contribution in [3.8, 4) is 0 Å². The summed E-state index contributed by atoms with van der Waals surface area (Å²) in [6, 6.07) is 0.922. The van der Waals surface area contributed by atoms with E-state index in [-0.39, 0.29) is 60.1 Å². The van der Waals surface area contributed by atoms with E-state index in [4.69, 9.17) is 48.7 Å². The van der Waals surface area contributed by atoms with Crippen molar-refractivity contribution in [1.82, 2.24) is 48.9 Å². The number of aromatic amines is 2. The Morgan fingerprint density at radius 3 is 2.18 bits per heavy atom. The third-order valence-electron chi connectivity index (χ3n) is 12.6. The Hall–Kier alpha value is -5.11. The number of H-pyrrole nitrogens is 2. The molecule has 14 N–H and O–H groups in total. The van der Waals surface area contributed by atoms with Gasteiger partial charge in [-0.05, 0) is 6.42 Å². The molecular formula is C37H54N13O25P4+. The number of methoxy groups -OCH3 is 2. The molecule has 5 aromatic rings. The van der Waals surface area contributed by atoms with Gasteiger partial charge in [0.25, 0.3) is 17.1 Å². The van der Waals surface area contributed by atoms with Crippen LogP contribution in [0.3, 0.4) is 0 Å². The Bertz CT molecular complexity index is 3430. The second-order valence-electron chi connectivity index (χ2n) is 17.8. The third-order valence-corrected chi connectivity index (χ3v) is 18.8. The van der Waals surface area contributed by atoms with Crippen molar-refractivity contribution in [2.45, 2.75) is 79.9 Å². The number of aliphatic hydroxyl groups excluding tert-OH is 3. The number of nitrogens with two attached hydrogens (primary N) is 2. The minimum absolute atomic E-state index is 0.00261. The van der Waals surface area contributed by atoms with Gasteiger partial charge in [0.2, 0.25) is 17.7 Å². The number of anilines is 2. The molecular weight excluding hydrogens is 1150 g/mol. The number of imidazole rings is 2. The maximum atomic E-state index is 14.4. The first-order valence-electron chi connectivity index (χ1n) is 23.1. The summed E-state index contributed by atoms with van der Waals surface area (Å²) in [4.78, 5) is 113. The summed E-state index contributed by atoms with van der Waals surface area (Å²) in [6.45, 7) is -3.05. The highest BCUT2D eigenvalue weighted by Gasteiger charge is 2.58. The largest absolute Gasteiger partial charge is 0.490 e. The van der Waals surface area contributed by atoms with Crippen LogP contribution in [-0.4, -0.2) is 180 Å². The molecule has 79 heavy (non-hydrogen) atoms. The summed E-state index contributed by atoms with van der Waals surface area (Å²) in [5, 5.41) is 35.7. The van der Waals surface area contributed by atoms with E-state index in [1.807, 2.05) is 4.98 Å². The fourth-order valence-electron chi connectivity index (χ4n) is 9.11. The number of nitrogens with zero attached hydrogens (tertiary/aromatic N) is 8. The predicted molar refractivity (Wildman–Crippen MR) is 258 cm³/mol. The molecule has 3 aliphatic rings. The van der Waals surface area contributed by atoms with Gasteiger partial charge >= 0.3 is 42.4 Å². The second-order valence-corrected chi connectivity index (χ2v) is 24.4. The molecule has 3 saturated heterocycles. The lowest BCUT2D eigenvalue weighted by molar-refractivity contribution is -0.745. The number of carbonyl (C=O) groups is 1. The van der Waals surface area contributed by atoms with Crippen molar-refractivity contribution in [2.24, 2.45) is 13.0 Å².